The molecule has 0 unspecified atom stereocenters. The van der Waals surface area contributed by atoms with Crippen molar-refractivity contribution in [2.75, 3.05) is 6.61 Å². The maximum Gasteiger partial charge on any atom is 0.188 e. The van der Waals surface area contributed by atoms with Gasteiger partial charge in [-0.2, -0.15) is 0 Å². The van der Waals surface area contributed by atoms with Gasteiger partial charge < -0.3 is 5.11 Å². The molecular weight excluding hydrogens is 212 g/mol. The highest BCUT2D eigenvalue weighted by molar-refractivity contribution is 6.02. The Balaban J connectivity index is 2.51. The third-order valence-electron chi connectivity index (χ3n) is 2.73. The second kappa shape index (κ2) is 4.93. The van der Waals surface area contributed by atoms with Crippen molar-refractivity contribution in [2.24, 2.45) is 0 Å². The van der Waals surface area contributed by atoms with E-state index >= 15 is 0 Å². The molecule has 0 aliphatic heterocycles. The van der Waals surface area contributed by atoms with Crippen LogP contribution in [-0.2, 0) is 0 Å². The maximum absolute atomic E-state index is 11.6. The summed E-state index contributed by atoms with van der Waals surface area (Å²) >= 11 is 0. The molecule has 0 saturated carbocycles. The van der Waals surface area contributed by atoms with E-state index in [1.165, 1.54) is 5.56 Å². The predicted molar refractivity (Wildman–Crippen MR) is 68.0 cm³/mol. The van der Waals surface area contributed by atoms with Gasteiger partial charge in [0.05, 0.1) is 0 Å². The summed E-state index contributed by atoms with van der Waals surface area (Å²) in [4.78, 5) is 11.6. The van der Waals surface area contributed by atoms with E-state index in [0.29, 0.717) is 5.56 Å². The highest BCUT2D eigenvalue weighted by Gasteiger charge is 2.10. The molecule has 86 valence electrons. The Morgan fingerprint density at radius 1 is 1.06 bits per heavy atom. The lowest BCUT2D eigenvalue weighted by molar-refractivity contribution is 0.0904. The van der Waals surface area contributed by atoms with Crippen molar-refractivity contribution < 1.29 is 9.90 Å². The molecule has 0 aliphatic carbocycles. The Kier molecular flexibility index (Phi) is 3.35. The fourth-order valence-electron chi connectivity index (χ4n) is 1.80. The number of carbonyl (C=O) groups is 1. The molecule has 0 radical (unpaired) electrons. The number of carbonyl (C=O) groups excluding carboxylic acids is 1. The van der Waals surface area contributed by atoms with E-state index in [4.69, 9.17) is 5.11 Å². The third kappa shape index (κ3) is 2.43. The van der Waals surface area contributed by atoms with E-state index in [9.17, 15) is 4.79 Å². The van der Waals surface area contributed by atoms with Crippen LogP contribution >= 0.6 is 0 Å². The van der Waals surface area contributed by atoms with E-state index in [-0.39, 0.29) is 5.78 Å². The number of benzene rings is 2. The van der Waals surface area contributed by atoms with Crippen LogP contribution in [-0.4, -0.2) is 17.5 Å². The van der Waals surface area contributed by atoms with Gasteiger partial charge in [0.15, 0.2) is 5.78 Å². The van der Waals surface area contributed by atoms with Gasteiger partial charge in [-0.05, 0) is 18.1 Å². The quantitative estimate of drug-likeness (QED) is 0.817. The highest BCUT2D eigenvalue weighted by atomic mass is 16.3. The lowest BCUT2D eigenvalue weighted by atomic mass is 9.97. The highest BCUT2D eigenvalue weighted by Crippen LogP contribution is 2.24. The molecule has 2 aromatic rings. The molecule has 0 aliphatic rings. The predicted octanol–water partition coefficient (Wildman–Crippen LogP) is 2.84. The number of rotatable bonds is 3. The minimum absolute atomic E-state index is 0.249. The molecule has 0 amide bonds. The SMILES string of the molecule is Cc1ccc(-c2ccccc2C(=O)CO)cc1. The van der Waals surface area contributed by atoms with Gasteiger partial charge in [0.2, 0.25) is 0 Å². The summed E-state index contributed by atoms with van der Waals surface area (Å²) < 4.78 is 0. The first-order valence-corrected chi connectivity index (χ1v) is 5.52. The van der Waals surface area contributed by atoms with Gasteiger partial charge in [-0.3, -0.25) is 4.79 Å². The largest absolute Gasteiger partial charge is 0.388 e. The first-order chi connectivity index (χ1) is 8.22. The van der Waals surface area contributed by atoms with E-state index in [1.54, 1.807) is 12.1 Å². The molecule has 0 aromatic heterocycles. The molecular formula is C15H14O2. The fraction of sp³-hybridized carbons (Fsp3) is 0.133. The molecule has 0 atom stereocenters. The third-order valence-corrected chi connectivity index (χ3v) is 2.73. The van der Waals surface area contributed by atoms with Crippen LogP contribution in [0.3, 0.4) is 0 Å². The topological polar surface area (TPSA) is 37.3 Å². The van der Waals surface area contributed by atoms with Crippen molar-refractivity contribution in [2.45, 2.75) is 6.92 Å². The zero-order chi connectivity index (χ0) is 12.3. The Hall–Kier alpha value is -1.93. The molecule has 17 heavy (non-hydrogen) atoms. The van der Waals surface area contributed by atoms with Gasteiger partial charge >= 0.3 is 0 Å². The first-order valence-electron chi connectivity index (χ1n) is 5.52. The molecule has 0 heterocycles. The summed E-state index contributed by atoms with van der Waals surface area (Å²) in [6, 6.07) is 15.3. The number of Topliss-reactive ketones (excluding diaryl/α,β-unsaturated/α-hetero) is 1. The normalized spacial score (nSPS) is 10.2. The molecule has 1 N–H and O–H groups in total. The summed E-state index contributed by atoms with van der Waals surface area (Å²) in [5, 5.41) is 8.95. The molecule has 2 aromatic carbocycles. The summed E-state index contributed by atoms with van der Waals surface area (Å²) in [6.07, 6.45) is 0. The van der Waals surface area contributed by atoms with Crippen molar-refractivity contribution in [1.82, 2.24) is 0 Å². The van der Waals surface area contributed by atoms with E-state index in [2.05, 4.69) is 0 Å². The zero-order valence-corrected chi connectivity index (χ0v) is 9.68. The number of hydrogen-bond donors (Lipinski definition) is 1. The lowest BCUT2D eigenvalue weighted by Gasteiger charge is -2.07. The summed E-state index contributed by atoms with van der Waals surface area (Å²) in [5.74, 6) is -0.249. The molecule has 0 fully saturated rings. The summed E-state index contributed by atoms with van der Waals surface area (Å²) in [7, 11) is 0. The number of aliphatic hydroxyl groups excluding tert-OH is 1. The van der Waals surface area contributed by atoms with Gasteiger partial charge in [0, 0.05) is 5.56 Å². The molecule has 0 bridgehead atoms. The molecule has 2 nitrogen and oxygen atoms in total. The van der Waals surface area contributed by atoms with Crippen LogP contribution < -0.4 is 0 Å². The first kappa shape index (κ1) is 11.6. The van der Waals surface area contributed by atoms with Crippen molar-refractivity contribution in [3.8, 4) is 11.1 Å². The van der Waals surface area contributed by atoms with Crippen LogP contribution in [0.15, 0.2) is 48.5 Å². The van der Waals surface area contributed by atoms with Gasteiger partial charge in [-0.25, -0.2) is 0 Å². The van der Waals surface area contributed by atoms with Crippen LogP contribution in [0.4, 0.5) is 0 Å². The van der Waals surface area contributed by atoms with Crippen LogP contribution in [0.2, 0.25) is 0 Å². The van der Waals surface area contributed by atoms with Crippen LogP contribution in [0.5, 0.6) is 0 Å². The van der Waals surface area contributed by atoms with Crippen molar-refractivity contribution in [1.29, 1.82) is 0 Å². The Morgan fingerprint density at radius 2 is 1.71 bits per heavy atom. The van der Waals surface area contributed by atoms with Gasteiger partial charge in [0.25, 0.3) is 0 Å². The number of hydrogen-bond acceptors (Lipinski definition) is 2. The van der Waals surface area contributed by atoms with E-state index in [0.717, 1.165) is 11.1 Å². The second-order valence-corrected chi connectivity index (χ2v) is 3.99. The van der Waals surface area contributed by atoms with Crippen molar-refractivity contribution in [3.05, 3.63) is 59.7 Å². The monoisotopic (exact) mass is 226 g/mol. The minimum Gasteiger partial charge on any atom is -0.388 e. The standard InChI is InChI=1S/C15H14O2/c1-11-6-8-12(9-7-11)13-4-2-3-5-14(13)15(17)10-16/h2-9,16H,10H2,1H3. The van der Waals surface area contributed by atoms with Gasteiger partial charge in [-0.15, -0.1) is 0 Å². The number of ketones is 1. The Morgan fingerprint density at radius 3 is 2.35 bits per heavy atom. The summed E-state index contributed by atoms with van der Waals surface area (Å²) in [5.41, 5.74) is 3.61. The van der Waals surface area contributed by atoms with E-state index in [1.807, 2.05) is 43.3 Å². The lowest BCUT2D eigenvalue weighted by Crippen LogP contribution is -2.05. The van der Waals surface area contributed by atoms with Crippen molar-refractivity contribution >= 4 is 5.78 Å². The molecule has 2 rings (SSSR count). The molecule has 0 spiro atoms. The van der Waals surface area contributed by atoms with Gasteiger partial charge in [-0.1, -0.05) is 54.1 Å². The van der Waals surface area contributed by atoms with Gasteiger partial charge in [0.1, 0.15) is 6.61 Å². The van der Waals surface area contributed by atoms with E-state index < -0.39 is 6.61 Å². The Labute approximate surface area is 101 Å². The van der Waals surface area contributed by atoms with Crippen LogP contribution in [0.1, 0.15) is 15.9 Å². The van der Waals surface area contributed by atoms with Crippen LogP contribution in [0, 0.1) is 6.92 Å². The second-order valence-electron chi connectivity index (χ2n) is 3.99. The summed E-state index contributed by atoms with van der Waals surface area (Å²) in [6.45, 7) is 1.57. The van der Waals surface area contributed by atoms with Crippen LogP contribution in [0.25, 0.3) is 11.1 Å². The Bertz CT molecular complexity index is 527. The number of aryl methyl sites for hydroxylation is 1. The number of aliphatic hydroxyl groups is 1. The zero-order valence-electron chi connectivity index (χ0n) is 9.68. The molecule has 2 heteroatoms. The van der Waals surface area contributed by atoms with Crippen molar-refractivity contribution in [3.63, 3.8) is 0 Å². The minimum atomic E-state index is -0.455. The average Bonchev–Trinajstić information content (AvgIpc) is 2.39. The molecule has 0 saturated heterocycles. The fourth-order valence-corrected chi connectivity index (χ4v) is 1.80. The smallest absolute Gasteiger partial charge is 0.188 e. The maximum atomic E-state index is 11.6. The average molecular weight is 226 g/mol.